The van der Waals surface area contributed by atoms with Gasteiger partial charge in [-0.2, -0.15) is 0 Å². The van der Waals surface area contributed by atoms with E-state index in [0.717, 1.165) is 35.4 Å². The van der Waals surface area contributed by atoms with Gasteiger partial charge in [0.25, 0.3) is 5.91 Å². The summed E-state index contributed by atoms with van der Waals surface area (Å²) in [5, 5.41) is 0.621. The molecule has 1 aliphatic heterocycles. The second-order valence-electron chi connectivity index (χ2n) is 7.14. The van der Waals surface area contributed by atoms with E-state index in [1.54, 1.807) is 24.1 Å². The van der Waals surface area contributed by atoms with Gasteiger partial charge in [-0.1, -0.05) is 17.4 Å². The number of methoxy groups -OCH3 is 1. The number of para-hydroxylation sites is 1. The van der Waals surface area contributed by atoms with Crippen LogP contribution in [0.3, 0.4) is 0 Å². The van der Waals surface area contributed by atoms with Crippen LogP contribution in [0.15, 0.2) is 42.5 Å². The van der Waals surface area contributed by atoms with Gasteiger partial charge in [0.05, 0.1) is 31.1 Å². The van der Waals surface area contributed by atoms with Crippen LogP contribution < -0.4 is 19.1 Å². The van der Waals surface area contributed by atoms with Crippen molar-refractivity contribution in [3.05, 3.63) is 42.5 Å². The molecule has 0 bridgehead atoms. The highest BCUT2D eigenvalue weighted by molar-refractivity contribution is 7.22. The number of amides is 1. The van der Waals surface area contributed by atoms with Crippen molar-refractivity contribution in [2.24, 2.45) is 0 Å². The Bertz CT molecular complexity index is 1010. The number of thiazole rings is 1. The van der Waals surface area contributed by atoms with Gasteiger partial charge in [-0.25, -0.2) is 4.98 Å². The molecule has 0 spiro atoms. The summed E-state index contributed by atoms with van der Waals surface area (Å²) in [5.41, 5.74) is 0.752. The normalized spacial score (nSPS) is 15.7. The first-order chi connectivity index (χ1) is 15.2. The Balaban J connectivity index is 1.52. The van der Waals surface area contributed by atoms with Gasteiger partial charge in [0, 0.05) is 6.61 Å². The van der Waals surface area contributed by atoms with Gasteiger partial charge in [-0.05, 0) is 56.2 Å². The number of carbonyl (C=O) groups excluding carboxylic acids is 1. The second kappa shape index (κ2) is 9.98. The number of rotatable bonds is 9. The Morgan fingerprint density at radius 1 is 1.19 bits per heavy atom. The maximum Gasteiger partial charge on any atom is 0.266 e. The molecule has 1 aromatic heterocycles. The summed E-state index contributed by atoms with van der Waals surface area (Å²) < 4.78 is 23.4. The minimum absolute atomic E-state index is 0.00309. The van der Waals surface area contributed by atoms with Crippen molar-refractivity contribution in [3.63, 3.8) is 0 Å². The van der Waals surface area contributed by atoms with Gasteiger partial charge >= 0.3 is 0 Å². The van der Waals surface area contributed by atoms with Crippen LogP contribution in [0.5, 0.6) is 17.2 Å². The Kier molecular flexibility index (Phi) is 6.89. The van der Waals surface area contributed by atoms with Crippen LogP contribution in [0.2, 0.25) is 0 Å². The van der Waals surface area contributed by atoms with E-state index in [2.05, 4.69) is 0 Å². The van der Waals surface area contributed by atoms with Crippen LogP contribution in [-0.4, -0.2) is 50.5 Å². The van der Waals surface area contributed by atoms with Crippen LogP contribution in [0, 0.1) is 0 Å². The highest BCUT2D eigenvalue weighted by Gasteiger charge is 2.27. The Hall–Kier alpha value is -2.84. The number of ether oxygens (including phenoxy) is 4. The quantitative estimate of drug-likeness (QED) is 0.492. The molecule has 1 fully saturated rings. The summed E-state index contributed by atoms with van der Waals surface area (Å²) in [6.07, 6.45) is 1.93. The minimum atomic E-state index is -0.164. The average molecular weight is 443 g/mol. The number of aromatic nitrogens is 1. The molecule has 1 unspecified atom stereocenters. The van der Waals surface area contributed by atoms with Gasteiger partial charge in [0.2, 0.25) is 0 Å². The van der Waals surface area contributed by atoms with E-state index in [0.29, 0.717) is 29.8 Å². The predicted octanol–water partition coefficient (Wildman–Crippen LogP) is 4.29. The third-order valence-corrected chi connectivity index (χ3v) is 6.07. The van der Waals surface area contributed by atoms with E-state index in [4.69, 9.17) is 23.9 Å². The molecule has 1 atom stereocenters. The van der Waals surface area contributed by atoms with Crippen molar-refractivity contribution >= 4 is 32.6 Å². The van der Waals surface area contributed by atoms with Crippen molar-refractivity contribution in [3.8, 4) is 17.2 Å². The molecule has 4 rings (SSSR count). The Morgan fingerprint density at radius 3 is 2.65 bits per heavy atom. The van der Waals surface area contributed by atoms with E-state index < -0.39 is 0 Å². The second-order valence-corrected chi connectivity index (χ2v) is 8.15. The van der Waals surface area contributed by atoms with E-state index in [1.807, 2.05) is 37.3 Å². The zero-order valence-corrected chi connectivity index (χ0v) is 18.5. The highest BCUT2D eigenvalue weighted by Crippen LogP contribution is 2.34. The van der Waals surface area contributed by atoms with Crippen molar-refractivity contribution in [1.29, 1.82) is 0 Å². The predicted molar refractivity (Wildman–Crippen MR) is 121 cm³/mol. The number of benzene rings is 2. The molecule has 3 aromatic rings. The number of hydrogen-bond acceptors (Lipinski definition) is 7. The van der Waals surface area contributed by atoms with E-state index >= 15 is 0 Å². The van der Waals surface area contributed by atoms with Gasteiger partial charge in [-0.3, -0.25) is 9.69 Å². The standard InChI is InChI=1S/C23H26N2O5S/c1-3-28-16-9-11-17(12-10-16)30-15-21(26)25(14-18-6-5-13-29-18)23-24-22-19(27-2)7-4-8-20(22)31-23/h4,7-12,18H,3,5-6,13-15H2,1-2H3. The lowest BCUT2D eigenvalue weighted by molar-refractivity contribution is -0.120. The third kappa shape index (κ3) is 5.08. The lowest BCUT2D eigenvalue weighted by Gasteiger charge is -2.23. The molecule has 7 nitrogen and oxygen atoms in total. The number of anilines is 1. The first-order valence-corrected chi connectivity index (χ1v) is 11.2. The van der Waals surface area contributed by atoms with E-state index in [1.165, 1.54) is 11.3 Å². The van der Waals surface area contributed by atoms with Crippen molar-refractivity contribution < 1.29 is 23.7 Å². The van der Waals surface area contributed by atoms with Crippen LogP contribution in [-0.2, 0) is 9.53 Å². The molecule has 31 heavy (non-hydrogen) atoms. The molecule has 0 saturated carbocycles. The summed E-state index contributed by atoms with van der Waals surface area (Å²) in [5.74, 6) is 1.90. The zero-order chi connectivity index (χ0) is 21.6. The van der Waals surface area contributed by atoms with Crippen molar-refractivity contribution in [2.75, 3.05) is 38.4 Å². The zero-order valence-electron chi connectivity index (χ0n) is 17.7. The summed E-state index contributed by atoms with van der Waals surface area (Å²) in [6.45, 7) is 3.62. The SMILES string of the molecule is CCOc1ccc(OCC(=O)N(CC2CCCO2)c2nc3c(OC)cccc3s2)cc1. The molecular weight excluding hydrogens is 416 g/mol. The fourth-order valence-corrected chi connectivity index (χ4v) is 4.50. The molecule has 2 heterocycles. The maximum absolute atomic E-state index is 13.2. The fraction of sp³-hybridized carbons (Fsp3) is 0.391. The van der Waals surface area contributed by atoms with Gasteiger partial charge in [-0.15, -0.1) is 0 Å². The van der Waals surface area contributed by atoms with Crippen molar-refractivity contribution in [1.82, 2.24) is 4.98 Å². The smallest absolute Gasteiger partial charge is 0.266 e. The van der Waals surface area contributed by atoms with E-state index in [-0.39, 0.29) is 18.6 Å². The molecule has 1 amide bonds. The van der Waals surface area contributed by atoms with Crippen LogP contribution in [0.25, 0.3) is 10.2 Å². The lowest BCUT2D eigenvalue weighted by Crippen LogP contribution is -2.40. The monoisotopic (exact) mass is 442 g/mol. The molecule has 1 saturated heterocycles. The summed E-state index contributed by atoms with van der Waals surface area (Å²) >= 11 is 1.46. The molecule has 0 aliphatic carbocycles. The molecule has 0 N–H and O–H groups in total. The topological polar surface area (TPSA) is 70.1 Å². The first-order valence-electron chi connectivity index (χ1n) is 10.4. The van der Waals surface area contributed by atoms with Gasteiger partial charge < -0.3 is 18.9 Å². The number of nitrogens with zero attached hydrogens (tertiary/aromatic N) is 2. The number of hydrogen-bond donors (Lipinski definition) is 0. The molecule has 0 radical (unpaired) electrons. The van der Waals surface area contributed by atoms with Crippen LogP contribution >= 0.6 is 11.3 Å². The van der Waals surface area contributed by atoms with Gasteiger partial charge in [0.15, 0.2) is 11.7 Å². The molecule has 164 valence electrons. The molecule has 2 aromatic carbocycles. The van der Waals surface area contributed by atoms with Crippen LogP contribution in [0.4, 0.5) is 5.13 Å². The largest absolute Gasteiger partial charge is 0.494 e. The fourth-order valence-electron chi connectivity index (χ4n) is 3.49. The summed E-state index contributed by atoms with van der Waals surface area (Å²) in [6, 6.07) is 13.0. The third-order valence-electron chi connectivity index (χ3n) is 5.03. The van der Waals surface area contributed by atoms with Gasteiger partial charge in [0.1, 0.15) is 22.8 Å². The number of fused-ring (bicyclic) bond motifs is 1. The summed E-state index contributed by atoms with van der Waals surface area (Å²) in [7, 11) is 1.62. The molecule has 1 aliphatic rings. The molecule has 8 heteroatoms. The Morgan fingerprint density at radius 2 is 1.97 bits per heavy atom. The average Bonchev–Trinajstić information content (AvgIpc) is 3.46. The van der Waals surface area contributed by atoms with Crippen LogP contribution in [0.1, 0.15) is 19.8 Å². The first kappa shape index (κ1) is 21.4. The van der Waals surface area contributed by atoms with E-state index in [9.17, 15) is 4.79 Å². The lowest BCUT2D eigenvalue weighted by atomic mass is 10.2. The van der Waals surface area contributed by atoms with Crippen molar-refractivity contribution in [2.45, 2.75) is 25.9 Å². The Labute approximate surface area is 185 Å². The molecular formula is C23H26N2O5S. The maximum atomic E-state index is 13.2. The summed E-state index contributed by atoms with van der Waals surface area (Å²) in [4.78, 5) is 19.5. The highest BCUT2D eigenvalue weighted by atomic mass is 32.1. The minimum Gasteiger partial charge on any atom is -0.494 e. The number of carbonyl (C=O) groups is 1.